The van der Waals surface area contributed by atoms with E-state index < -0.39 is 0 Å². The Kier molecular flexibility index (Phi) is 3.86. The Hall–Kier alpha value is -1.96. The number of hydrogen-bond acceptors (Lipinski definition) is 5. The Morgan fingerprint density at radius 2 is 2.09 bits per heavy atom. The molecule has 2 N–H and O–H groups in total. The average molecular weight is 306 g/mol. The van der Waals surface area contributed by atoms with Gasteiger partial charge in [0.15, 0.2) is 5.69 Å². The van der Waals surface area contributed by atoms with E-state index in [9.17, 15) is 9.59 Å². The molecule has 2 aliphatic heterocycles. The van der Waals surface area contributed by atoms with Crippen molar-refractivity contribution in [2.24, 2.45) is 0 Å². The number of aromatic amines is 1. The number of hydrogen-bond donors (Lipinski definition) is 2. The first-order valence-electron chi connectivity index (χ1n) is 7.66. The van der Waals surface area contributed by atoms with Gasteiger partial charge in [0.25, 0.3) is 5.91 Å². The maximum atomic E-state index is 12.7. The molecular weight excluding hydrogens is 284 g/mol. The summed E-state index contributed by atoms with van der Waals surface area (Å²) in [5.41, 5.74) is 0.878. The maximum Gasteiger partial charge on any atom is 0.276 e. The van der Waals surface area contributed by atoms with Gasteiger partial charge in [0.1, 0.15) is 0 Å². The predicted molar refractivity (Wildman–Crippen MR) is 79.2 cm³/mol. The molecule has 1 aromatic rings. The molecule has 0 aliphatic carbocycles. The van der Waals surface area contributed by atoms with Crippen LogP contribution >= 0.6 is 0 Å². The number of rotatable bonds is 1. The number of piperazine rings is 1. The van der Waals surface area contributed by atoms with Crippen molar-refractivity contribution in [3.05, 3.63) is 11.4 Å². The smallest absolute Gasteiger partial charge is 0.276 e. The highest BCUT2D eigenvalue weighted by molar-refractivity contribution is 5.93. The van der Waals surface area contributed by atoms with Gasteiger partial charge in [-0.05, 0) is 26.8 Å². The number of aromatic nitrogens is 3. The number of likely N-dealkylation sites (N-methyl/N-ethyl adjacent to an activating group) is 1. The molecule has 1 aromatic heterocycles. The average Bonchev–Trinajstić information content (AvgIpc) is 2.84. The summed E-state index contributed by atoms with van der Waals surface area (Å²) in [6.07, 6.45) is 2.14. The summed E-state index contributed by atoms with van der Waals surface area (Å²) in [4.78, 5) is 28.4. The number of nitrogens with zero attached hydrogens (tertiary/aromatic N) is 4. The summed E-state index contributed by atoms with van der Waals surface area (Å²) in [6, 6.07) is 0. The molecule has 8 nitrogen and oxygen atoms in total. The van der Waals surface area contributed by atoms with Crippen LogP contribution in [0.4, 0.5) is 0 Å². The molecule has 0 radical (unpaired) electrons. The molecule has 2 saturated heterocycles. The minimum Gasteiger partial charge on any atom is -0.356 e. The molecule has 3 heterocycles. The lowest BCUT2D eigenvalue weighted by atomic mass is 9.86. The molecule has 0 aromatic carbocycles. The minimum atomic E-state index is -0.134. The summed E-state index contributed by atoms with van der Waals surface area (Å²) in [7, 11) is 2.08. The monoisotopic (exact) mass is 306 g/mol. The second kappa shape index (κ2) is 5.68. The van der Waals surface area contributed by atoms with E-state index in [1.54, 1.807) is 6.92 Å². The van der Waals surface area contributed by atoms with Gasteiger partial charge in [-0.1, -0.05) is 0 Å². The molecule has 22 heavy (non-hydrogen) atoms. The fourth-order valence-corrected chi connectivity index (χ4v) is 3.41. The van der Waals surface area contributed by atoms with Crippen LogP contribution in [0.25, 0.3) is 0 Å². The van der Waals surface area contributed by atoms with Gasteiger partial charge >= 0.3 is 0 Å². The number of carbonyl (C=O) groups is 2. The molecule has 120 valence electrons. The number of H-pyrrole nitrogens is 1. The Morgan fingerprint density at radius 3 is 2.82 bits per heavy atom. The third-order valence-corrected chi connectivity index (χ3v) is 4.94. The third kappa shape index (κ3) is 2.58. The van der Waals surface area contributed by atoms with E-state index >= 15 is 0 Å². The summed E-state index contributed by atoms with van der Waals surface area (Å²) in [5.74, 6) is 0.0170. The van der Waals surface area contributed by atoms with Crippen LogP contribution in [0.2, 0.25) is 0 Å². The van der Waals surface area contributed by atoms with Gasteiger partial charge in [0, 0.05) is 38.1 Å². The zero-order chi connectivity index (χ0) is 15.7. The van der Waals surface area contributed by atoms with Crippen LogP contribution in [-0.4, -0.2) is 75.8 Å². The van der Waals surface area contributed by atoms with Gasteiger partial charge < -0.3 is 10.2 Å². The van der Waals surface area contributed by atoms with Gasteiger partial charge in [-0.2, -0.15) is 15.4 Å². The summed E-state index contributed by atoms with van der Waals surface area (Å²) < 4.78 is 0. The zero-order valence-electron chi connectivity index (χ0n) is 13.1. The Balaban J connectivity index is 1.80. The zero-order valence-corrected chi connectivity index (χ0v) is 13.1. The van der Waals surface area contributed by atoms with Crippen molar-refractivity contribution in [1.29, 1.82) is 0 Å². The van der Waals surface area contributed by atoms with Crippen molar-refractivity contribution >= 4 is 11.8 Å². The quantitative estimate of drug-likeness (QED) is 0.732. The van der Waals surface area contributed by atoms with Crippen molar-refractivity contribution in [3.63, 3.8) is 0 Å². The van der Waals surface area contributed by atoms with E-state index in [-0.39, 0.29) is 17.4 Å². The first kappa shape index (κ1) is 15.0. The summed E-state index contributed by atoms with van der Waals surface area (Å²) in [5, 5.41) is 13.3. The third-order valence-electron chi connectivity index (χ3n) is 4.94. The fraction of sp³-hybridized carbons (Fsp3) is 0.714. The first-order chi connectivity index (χ1) is 10.5. The van der Waals surface area contributed by atoms with Gasteiger partial charge in [-0.3, -0.25) is 14.5 Å². The fourth-order valence-electron chi connectivity index (χ4n) is 3.41. The number of amides is 2. The lowest BCUT2D eigenvalue weighted by molar-refractivity contribution is -0.121. The molecule has 1 unspecified atom stereocenters. The van der Waals surface area contributed by atoms with Gasteiger partial charge in [-0.25, -0.2) is 0 Å². The lowest BCUT2D eigenvalue weighted by Crippen LogP contribution is -2.62. The number of carbonyl (C=O) groups excluding carboxylic acids is 2. The first-order valence-corrected chi connectivity index (χ1v) is 7.66. The van der Waals surface area contributed by atoms with Crippen molar-refractivity contribution in [2.75, 3.05) is 33.2 Å². The van der Waals surface area contributed by atoms with Crippen molar-refractivity contribution in [2.45, 2.75) is 31.7 Å². The molecule has 8 heteroatoms. The van der Waals surface area contributed by atoms with Crippen LogP contribution in [0.5, 0.6) is 0 Å². The van der Waals surface area contributed by atoms with Gasteiger partial charge in [-0.15, -0.1) is 0 Å². The van der Waals surface area contributed by atoms with E-state index in [0.29, 0.717) is 37.4 Å². The standard InChI is InChI=1S/C14H22N6O2/c1-10-12(17-18-16-10)13(22)20-8-7-19(2)14(9-20)4-3-11(21)15-6-5-14/h3-9H2,1-2H3,(H,15,21)(H,16,17,18). The van der Waals surface area contributed by atoms with E-state index in [4.69, 9.17) is 0 Å². The van der Waals surface area contributed by atoms with Crippen LogP contribution < -0.4 is 5.32 Å². The molecular formula is C14H22N6O2. The number of nitrogens with one attached hydrogen (secondary N) is 2. The summed E-state index contributed by atoms with van der Waals surface area (Å²) >= 11 is 0. The van der Waals surface area contributed by atoms with E-state index in [1.165, 1.54) is 0 Å². The Bertz CT molecular complexity index is 586. The van der Waals surface area contributed by atoms with Crippen LogP contribution in [-0.2, 0) is 4.79 Å². The maximum absolute atomic E-state index is 12.7. The molecule has 0 saturated carbocycles. The highest BCUT2D eigenvalue weighted by Crippen LogP contribution is 2.30. The second-order valence-electron chi connectivity index (χ2n) is 6.23. The topological polar surface area (TPSA) is 94.2 Å². The second-order valence-corrected chi connectivity index (χ2v) is 6.23. The highest BCUT2D eigenvalue weighted by Gasteiger charge is 2.42. The van der Waals surface area contributed by atoms with Crippen LogP contribution in [0.1, 0.15) is 35.4 Å². The normalized spacial score (nSPS) is 26.8. The molecule has 2 aliphatic rings. The highest BCUT2D eigenvalue weighted by atomic mass is 16.2. The van der Waals surface area contributed by atoms with Crippen molar-refractivity contribution in [3.8, 4) is 0 Å². The summed E-state index contributed by atoms with van der Waals surface area (Å²) in [6.45, 7) is 4.54. The molecule has 3 rings (SSSR count). The molecule has 1 atom stereocenters. The lowest BCUT2D eigenvalue weighted by Gasteiger charge is -2.49. The van der Waals surface area contributed by atoms with E-state index in [2.05, 4.69) is 32.7 Å². The largest absolute Gasteiger partial charge is 0.356 e. The Morgan fingerprint density at radius 1 is 1.27 bits per heavy atom. The number of aryl methyl sites for hydroxylation is 1. The molecule has 2 fully saturated rings. The molecule has 0 bridgehead atoms. The van der Waals surface area contributed by atoms with Crippen LogP contribution in [0.15, 0.2) is 0 Å². The van der Waals surface area contributed by atoms with E-state index in [1.807, 2.05) is 4.90 Å². The van der Waals surface area contributed by atoms with Gasteiger partial charge in [0.2, 0.25) is 5.91 Å². The predicted octanol–water partition coefficient (Wildman–Crippen LogP) is -0.460. The van der Waals surface area contributed by atoms with Gasteiger partial charge in [0.05, 0.1) is 5.69 Å². The minimum absolute atomic E-state index is 0.0812. The van der Waals surface area contributed by atoms with Crippen molar-refractivity contribution < 1.29 is 9.59 Å². The molecule has 2 amide bonds. The molecule has 1 spiro atoms. The van der Waals surface area contributed by atoms with Crippen molar-refractivity contribution in [1.82, 2.24) is 30.5 Å². The Labute approximate surface area is 129 Å². The van der Waals surface area contributed by atoms with Crippen LogP contribution in [0, 0.1) is 6.92 Å². The van der Waals surface area contributed by atoms with Crippen LogP contribution in [0.3, 0.4) is 0 Å². The van der Waals surface area contributed by atoms with E-state index in [0.717, 1.165) is 19.4 Å². The SMILES string of the molecule is Cc1n[nH]nc1C(=O)N1CCN(C)C2(CCNC(=O)CC2)C1.